The van der Waals surface area contributed by atoms with E-state index in [1.807, 2.05) is 0 Å². The number of ether oxygens (including phenoxy) is 1. The van der Waals surface area contributed by atoms with Crippen LogP contribution in [0.5, 0.6) is 0 Å². The van der Waals surface area contributed by atoms with E-state index in [1.165, 1.54) is 18.0 Å². The van der Waals surface area contributed by atoms with Crippen molar-refractivity contribution in [2.24, 2.45) is 0 Å². The minimum atomic E-state index is -0.727. The molecule has 0 unspecified atom stereocenters. The second-order valence-electron chi connectivity index (χ2n) is 5.34. The second kappa shape index (κ2) is 7.56. The summed E-state index contributed by atoms with van der Waals surface area (Å²) in [5, 5.41) is 14.9. The Labute approximate surface area is 143 Å². The quantitative estimate of drug-likeness (QED) is 0.447. The van der Waals surface area contributed by atoms with Crippen molar-refractivity contribution in [1.29, 1.82) is 0 Å². The molecule has 9 heteroatoms. The van der Waals surface area contributed by atoms with Gasteiger partial charge in [0.1, 0.15) is 11.5 Å². The molecular weight excluding hydrogens is 330 g/mol. The van der Waals surface area contributed by atoms with Crippen LogP contribution in [0.2, 0.25) is 0 Å². The van der Waals surface area contributed by atoms with Crippen LogP contribution in [0.15, 0.2) is 28.8 Å². The van der Waals surface area contributed by atoms with E-state index >= 15 is 0 Å². The van der Waals surface area contributed by atoms with Gasteiger partial charge in [-0.3, -0.25) is 14.9 Å². The predicted molar refractivity (Wildman–Crippen MR) is 86.1 cm³/mol. The number of aromatic nitrogens is 1. The molecule has 0 atom stereocenters. The lowest BCUT2D eigenvalue weighted by Crippen LogP contribution is -2.26. The second-order valence-corrected chi connectivity index (χ2v) is 5.34. The minimum absolute atomic E-state index is 0.0139. The molecule has 9 nitrogen and oxygen atoms in total. The first-order valence-electron chi connectivity index (χ1n) is 7.46. The van der Waals surface area contributed by atoms with Gasteiger partial charge in [0.25, 0.3) is 11.6 Å². The number of nitro benzene ring substituents is 1. The fraction of sp³-hybridized carbons (Fsp3) is 0.312. The summed E-state index contributed by atoms with van der Waals surface area (Å²) in [7, 11) is 1.52. The van der Waals surface area contributed by atoms with Crippen LogP contribution in [0, 0.1) is 17.0 Å². The summed E-state index contributed by atoms with van der Waals surface area (Å²) in [6.45, 7) is 3.63. The van der Waals surface area contributed by atoms with Crippen LogP contribution in [0.3, 0.4) is 0 Å². The lowest BCUT2D eigenvalue weighted by atomic mass is 10.1. The molecule has 0 fully saturated rings. The average Bonchev–Trinajstić information content (AvgIpc) is 2.98. The van der Waals surface area contributed by atoms with Gasteiger partial charge in [0.05, 0.1) is 23.6 Å². The van der Waals surface area contributed by atoms with E-state index < -0.39 is 16.8 Å². The Morgan fingerprint density at radius 2 is 1.96 bits per heavy atom. The molecule has 0 aliphatic heterocycles. The minimum Gasteiger partial charge on any atom is -0.462 e. The summed E-state index contributed by atoms with van der Waals surface area (Å²) < 4.78 is 9.79. The molecule has 132 valence electrons. The van der Waals surface area contributed by atoms with Crippen LogP contribution in [0.4, 0.5) is 5.69 Å². The van der Waals surface area contributed by atoms with Gasteiger partial charge in [0.2, 0.25) is 0 Å². The third-order valence-corrected chi connectivity index (χ3v) is 3.31. The Balaban J connectivity index is 2.30. The zero-order valence-corrected chi connectivity index (χ0v) is 14.0. The summed E-state index contributed by atoms with van der Waals surface area (Å²) in [4.78, 5) is 36.2. The number of benzene rings is 1. The number of amides is 1. The molecule has 1 heterocycles. The summed E-state index contributed by atoms with van der Waals surface area (Å²) in [5.41, 5.74) is 0.147. The third-order valence-electron chi connectivity index (χ3n) is 3.31. The molecule has 1 aromatic heterocycles. The van der Waals surface area contributed by atoms with Gasteiger partial charge in [-0.25, -0.2) is 4.79 Å². The van der Waals surface area contributed by atoms with Gasteiger partial charge in [0, 0.05) is 30.8 Å². The molecule has 2 aromatic rings. The van der Waals surface area contributed by atoms with Crippen LogP contribution >= 0.6 is 0 Å². The molecule has 1 aromatic carbocycles. The zero-order valence-electron chi connectivity index (χ0n) is 14.0. The lowest BCUT2D eigenvalue weighted by molar-refractivity contribution is -0.384. The number of esters is 1. The molecule has 0 N–H and O–H groups in total. The van der Waals surface area contributed by atoms with Gasteiger partial charge in [-0.1, -0.05) is 5.16 Å². The first-order valence-corrected chi connectivity index (χ1v) is 7.46. The smallest absolute Gasteiger partial charge is 0.338 e. The van der Waals surface area contributed by atoms with Crippen molar-refractivity contribution in [3.8, 4) is 0 Å². The fourth-order valence-corrected chi connectivity index (χ4v) is 2.20. The number of nitrogens with zero attached hydrogens (tertiary/aromatic N) is 3. The standard InChI is InChI=1S/C16H17N3O6/c1-4-24-16(21)12-6-11(7-14(8-12)19(22)23)15(20)18(3)9-13-5-10(2)25-17-13/h5-8H,4,9H2,1-3H3. The maximum Gasteiger partial charge on any atom is 0.338 e. The Hall–Kier alpha value is -3.23. The highest BCUT2D eigenvalue weighted by Crippen LogP contribution is 2.20. The van der Waals surface area contributed by atoms with E-state index in [1.54, 1.807) is 19.9 Å². The Kier molecular flexibility index (Phi) is 5.48. The number of carbonyl (C=O) groups is 2. The van der Waals surface area contributed by atoms with Gasteiger partial charge in [-0.05, 0) is 19.9 Å². The fourth-order valence-electron chi connectivity index (χ4n) is 2.20. The molecule has 0 bridgehead atoms. The molecule has 0 saturated heterocycles. The van der Waals surface area contributed by atoms with E-state index in [0.717, 1.165) is 12.1 Å². The number of nitro groups is 1. The molecule has 25 heavy (non-hydrogen) atoms. The Morgan fingerprint density at radius 1 is 1.28 bits per heavy atom. The summed E-state index contributed by atoms with van der Waals surface area (Å²) in [6, 6.07) is 5.16. The molecule has 0 aliphatic carbocycles. The summed E-state index contributed by atoms with van der Waals surface area (Å²) in [6.07, 6.45) is 0. The van der Waals surface area contributed by atoms with Crippen molar-refractivity contribution in [3.05, 3.63) is 57.0 Å². The maximum atomic E-state index is 12.6. The van der Waals surface area contributed by atoms with Crippen molar-refractivity contribution in [2.45, 2.75) is 20.4 Å². The van der Waals surface area contributed by atoms with Gasteiger partial charge in [0.15, 0.2) is 0 Å². The number of hydrogen-bond acceptors (Lipinski definition) is 7. The summed E-state index contributed by atoms with van der Waals surface area (Å²) in [5.74, 6) is -0.610. The van der Waals surface area contributed by atoms with Crippen LogP contribution in [-0.4, -0.2) is 40.5 Å². The number of non-ortho nitro benzene ring substituents is 1. The molecule has 1 amide bonds. The highest BCUT2D eigenvalue weighted by Gasteiger charge is 2.21. The van der Waals surface area contributed by atoms with E-state index in [2.05, 4.69) is 5.16 Å². The topological polar surface area (TPSA) is 116 Å². The van der Waals surface area contributed by atoms with E-state index in [-0.39, 0.29) is 30.0 Å². The van der Waals surface area contributed by atoms with Crippen LogP contribution in [-0.2, 0) is 11.3 Å². The molecule has 0 spiro atoms. The maximum absolute atomic E-state index is 12.6. The largest absolute Gasteiger partial charge is 0.462 e. The molecular formula is C16H17N3O6. The molecule has 0 aliphatic rings. The first-order chi connectivity index (χ1) is 11.8. The van der Waals surface area contributed by atoms with Gasteiger partial charge in [-0.2, -0.15) is 0 Å². The first kappa shape index (κ1) is 18.1. The van der Waals surface area contributed by atoms with E-state index in [0.29, 0.717) is 11.5 Å². The number of rotatable bonds is 6. The monoisotopic (exact) mass is 347 g/mol. The van der Waals surface area contributed by atoms with E-state index in [9.17, 15) is 19.7 Å². The van der Waals surface area contributed by atoms with Gasteiger partial charge in [-0.15, -0.1) is 0 Å². The van der Waals surface area contributed by atoms with Crippen LogP contribution in [0.25, 0.3) is 0 Å². The van der Waals surface area contributed by atoms with Crippen molar-refractivity contribution in [1.82, 2.24) is 10.1 Å². The molecule has 0 saturated carbocycles. The molecule has 0 radical (unpaired) electrons. The highest BCUT2D eigenvalue weighted by atomic mass is 16.6. The van der Waals surface area contributed by atoms with Gasteiger partial charge >= 0.3 is 5.97 Å². The van der Waals surface area contributed by atoms with Crippen molar-refractivity contribution in [2.75, 3.05) is 13.7 Å². The van der Waals surface area contributed by atoms with Crippen LogP contribution in [0.1, 0.15) is 39.1 Å². The number of carbonyl (C=O) groups excluding carboxylic acids is 2. The highest BCUT2D eigenvalue weighted by molar-refractivity contribution is 5.98. The zero-order chi connectivity index (χ0) is 18.6. The SMILES string of the molecule is CCOC(=O)c1cc(C(=O)N(C)Cc2cc(C)on2)cc([N+](=O)[O-])c1. The third kappa shape index (κ3) is 4.40. The number of aryl methyl sites for hydroxylation is 1. The van der Waals surface area contributed by atoms with E-state index in [4.69, 9.17) is 9.26 Å². The van der Waals surface area contributed by atoms with Crippen molar-refractivity contribution >= 4 is 17.6 Å². The van der Waals surface area contributed by atoms with Crippen molar-refractivity contribution < 1.29 is 23.8 Å². The van der Waals surface area contributed by atoms with Gasteiger partial charge < -0.3 is 14.2 Å². The normalized spacial score (nSPS) is 10.4. The lowest BCUT2D eigenvalue weighted by Gasteiger charge is -2.16. The predicted octanol–water partition coefficient (Wildman–Crippen LogP) is 2.34. The summed E-state index contributed by atoms with van der Waals surface area (Å²) >= 11 is 0. The van der Waals surface area contributed by atoms with Crippen LogP contribution < -0.4 is 0 Å². The van der Waals surface area contributed by atoms with Crippen molar-refractivity contribution in [3.63, 3.8) is 0 Å². The number of hydrogen-bond donors (Lipinski definition) is 0. The Bertz CT molecular complexity index is 814. The average molecular weight is 347 g/mol. The Morgan fingerprint density at radius 3 is 2.52 bits per heavy atom. The molecule has 2 rings (SSSR count).